The number of thioether (sulfide) groups is 1. The minimum absolute atomic E-state index is 0.0766. The van der Waals surface area contributed by atoms with Crippen LogP contribution in [-0.4, -0.2) is 67.5 Å². The van der Waals surface area contributed by atoms with Gasteiger partial charge < -0.3 is 14.4 Å². The van der Waals surface area contributed by atoms with Crippen molar-refractivity contribution in [3.63, 3.8) is 0 Å². The Labute approximate surface area is 175 Å². The van der Waals surface area contributed by atoms with E-state index < -0.39 is 6.04 Å². The highest BCUT2D eigenvalue weighted by molar-refractivity contribution is 8.01. The zero-order valence-corrected chi connectivity index (χ0v) is 18.2. The lowest BCUT2D eigenvalue weighted by molar-refractivity contribution is -0.135. The molecule has 2 amide bonds. The first kappa shape index (κ1) is 20.2. The Balaban J connectivity index is 1.58. The summed E-state index contributed by atoms with van der Waals surface area (Å²) in [5.41, 5.74) is 1.88. The fourth-order valence-electron chi connectivity index (χ4n) is 4.39. The van der Waals surface area contributed by atoms with Gasteiger partial charge in [0.05, 0.1) is 15.9 Å². The number of rotatable bonds is 7. The van der Waals surface area contributed by atoms with Crippen LogP contribution >= 0.6 is 11.8 Å². The number of anilines is 1. The normalized spacial score (nSPS) is 23.9. The molecule has 2 atom stereocenters. The molecule has 2 saturated heterocycles. The van der Waals surface area contributed by atoms with Gasteiger partial charge in [-0.1, -0.05) is 26.0 Å². The topological polar surface area (TPSA) is 70.5 Å². The van der Waals surface area contributed by atoms with Crippen LogP contribution in [0.25, 0.3) is 11.0 Å². The van der Waals surface area contributed by atoms with Crippen LogP contribution in [0.4, 0.5) is 5.95 Å². The Morgan fingerprint density at radius 3 is 2.86 bits per heavy atom. The van der Waals surface area contributed by atoms with Gasteiger partial charge >= 0.3 is 0 Å². The van der Waals surface area contributed by atoms with E-state index in [1.165, 1.54) is 0 Å². The molecular formula is C21H29N5O2S. The number of amides is 2. The highest BCUT2D eigenvalue weighted by atomic mass is 32.2. The number of para-hydroxylation sites is 2. The molecule has 3 heterocycles. The van der Waals surface area contributed by atoms with Crippen molar-refractivity contribution in [3.8, 4) is 0 Å². The van der Waals surface area contributed by atoms with E-state index in [2.05, 4.69) is 40.5 Å². The van der Waals surface area contributed by atoms with Crippen molar-refractivity contribution < 1.29 is 9.59 Å². The predicted octanol–water partition coefficient (Wildman–Crippen LogP) is 2.77. The molecule has 2 aromatic rings. The van der Waals surface area contributed by atoms with Gasteiger partial charge in [-0.3, -0.25) is 14.9 Å². The molecule has 0 saturated carbocycles. The van der Waals surface area contributed by atoms with Crippen molar-refractivity contribution in [1.29, 1.82) is 0 Å². The monoisotopic (exact) mass is 415 g/mol. The summed E-state index contributed by atoms with van der Waals surface area (Å²) < 4.78 is 2.08. The van der Waals surface area contributed by atoms with Crippen molar-refractivity contribution in [2.24, 2.45) is 0 Å². The van der Waals surface area contributed by atoms with Gasteiger partial charge in [0.15, 0.2) is 0 Å². The molecular weight excluding hydrogens is 386 g/mol. The Morgan fingerprint density at radius 2 is 2.10 bits per heavy atom. The van der Waals surface area contributed by atoms with Crippen LogP contribution < -0.4 is 5.32 Å². The summed E-state index contributed by atoms with van der Waals surface area (Å²) in [6, 6.07) is 7.51. The van der Waals surface area contributed by atoms with Crippen LogP contribution in [0.15, 0.2) is 24.3 Å². The first-order valence-corrected chi connectivity index (χ1v) is 11.4. The van der Waals surface area contributed by atoms with E-state index in [4.69, 9.17) is 0 Å². The Bertz CT molecular complexity index is 925. The number of nitrogens with one attached hydrogen (secondary N) is 1. The van der Waals surface area contributed by atoms with Gasteiger partial charge in [-0.25, -0.2) is 4.98 Å². The number of carbonyl (C=O) groups is 2. The summed E-state index contributed by atoms with van der Waals surface area (Å²) >= 11 is 1.71. The second-order valence-electron chi connectivity index (χ2n) is 7.86. The molecule has 29 heavy (non-hydrogen) atoms. The molecule has 2 fully saturated rings. The molecule has 1 aromatic carbocycles. The number of likely N-dealkylation sites (N-methyl/N-ethyl adjacent to an activating group) is 1. The smallest absolute Gasteiger partial charge is 0.250 e. The number of hydrogen-bond acceptors (Lipinski definition) is 5. The van der Waals surface area contributed by atoms with Gasteiger partial charge in [0.2, 0.25) is 17.8 Å². The lowest BCUT2D eigenvalue weighted by Crippen LogP contribution is -2.48. The van der Waals surface area contributed by atoms with E-state index in [0.29, 0.717) is 18.1 Å². The minimum atomic E-state index is -0.434. The number of nitrogens with zero attached hydrogens (tertiary/aromatic N) is 4. The first-order chi connectivity index (χ1) is 14.0. The predicted molar refractivity (Wildman–Crippen MR) is 117 cm³/mol. The van der Waals surface area contributed by atoms with E-state index in [0.717, 1.165) is 43.6 Å². The molecule has 1 aromatic heterocycles. The molecule has 156 valence electrons. The first-order valence-electron chi connectivity index (χ1n) is 10.4. The third-order valence-electron chi connectivity index (χ3n) is 6.17. The minimum Gasteiger partial charge on any atom is -0.315 e. The van der Waals surface area contributed by atoms with Crippen molar-refractivity contribution >= 4 is 40.6 Å². The van der Waals surface area contributed by atoms with Gasteiger partial charge in [0.1, 0.15) is 6.04 Å². The van der Waals surface area contributed by atoms with E-state index in [9.17, 15) is 9.59 Å². The van der Waals surface area contributed by atoms with Gasteiger partial charge in [-0.2, -0.15) is 0 Å². The molecule has 1 N–H and O–H groups in total. The van der Waals surface area contributed by atoms with Crippen molar-refractivity contribution in [2.75, 3.05) is 30.7 Å². The molecule has 2 aliphatic rings. The van der Waals surface area contributed by atoms with Gasteiger partial charge in [-0.15, -0.1) is 11.8 Å². The highest BCUT2D eigenvalue weighted by Gasteiger charge is 2.53. The van der Waals surface area contributed by atoms with Crippen LogP contribution in [0.5, 0.6) is 0 Å². The maximum atomic E-state index is 13.1. The summed E-state index contributed by atoms with van der Waals surface area (Å²) in [4.78, 5) is 34.1. The number of benzene rings is 1. The zero-order chi connectivity index (χ0) is 20.6. The number of carbonyl (C=O) groups excluding carboxylic acids is 2. The van der Waals surface area contributed by atoms with E-state index >= 15 is 0 Å². The number of hydrogen-bond donors (Lipinski definition) is 1. The molecule has 8 heteroatoms. The van der Waals surface area contributed by atoms with E-state index in [-0.39, 0.29) is 16.7 Å². The van der Waals surface area contributed by atoms with Crippen LogP contribution in [0.1, 0.15) is 33.6 Å². The zero-order valence-electron chi connectivity index (χ0n) is 17.4. The second kappa shape index (κ2) is 7.99. The molecule has 2 aliphatic heterocycles. The molecule has 0 bridgehead atoms. The molecule has 0 aliphatic carbocycles. The average Bonchev–Trinajstić information content (AvgIpc) is 3.34. The van der Waals surface area contributed by atoms with Crippen LogP contribution in [0, 0.1) is 0 Å². The number of aromatic nitrogens is 2. The largest absolute Gasteiger partial charge is 0.315 e. The van der Waals surface area contributed by atoms with Gasteiger partial charge in [0, 0.05) is 25.3 Å². The SMILES string of the molecule is CCN(CC)CCn1c(NC(=O)C2CSC3(C)CCC(=O)N23)nc2ccccc21. The molecule has 2 unspecified atom stereocenters. The maximum Gasteiger partial charge on any atom is 0.250 e. The summed E-state index contributed by atoms with van der Waals surface area (Å²) in [6.07, 6.45) is 1.33. The Kier molecular flexibility index (Phi) is 5.57. The molecule has 7 nitrogen and oxygen atoms in total. The maximum absolute atomic E-state index is 13.1. The van der Waals surface area contributed by atoms with Gasteiger partial charge in [0.25, 0.3) is 0 Å². The van der Waals surface area contributed by atoms with Gasteiger partial charge in [-0.05, 0) is 38.6 Å². The Hall–Kier alpha value is -2.06. The molecule has 0 spiro atoms. The standard InChI is InChI=1S/C21H29N5O2S/c1-4-24(5-2)12-13-25-16-9-7-6-8-15(16)22-20(25)23-19(28)17-14-29-21(3)11-10-18(27)26(17)21/h6-9,17H,4-5,10-14H2,1-3H3,(H,22,23,28). The molecule has 0 radical (unpaired) electrons. The third-order valence-corrected chi connectivity index (χ3v) is 7.68. The van der Waals surface area contributed by atoms with E-state index in [1.54, 1.807) is 16.7 Å². The quantitative estimate of drug-likeness (QED) is 0.753. The highest BCUT2D eigenvalue weighted by Crippen LogP contribution is 2.47. The lowest BCUT2D eigenvalue weighted by Gasteiger charge is -2.29. The average molecular weight is 416 g/mol. The summed E-state index contributed by atoms with van der Waals surface area (Å²) in [6.45, 7) is 9.98. The second-order valence-corrected chi connectivity index (χ2v) is 9.36. The van der Waals surface area contributed by atoms with E-state index in [1.807, 2.05) is 24.3 Å². The van der Waals surface area contributed by atoms with Crippen molar-refractivity contribution in [2.45, 2.75) is 51.1 Å². The van der Waals surface area contributed by atoms with Crippen molar-refractivity contribution in [3.05, 3.63) is 24.3 Å². The lowest BCUT2D eigenvalue weighted by atomic mass is 10.2. The number of fused-ring (bicyclic) bond motifs is 2. The van der Waals surface area contributed by atoms with Crippen LogP contribution in [-0.2, 0) is 16.1 Å². The summed E-state index contributed by atoms with van der Waals surface area (Å²) in [5, 5.41) is 3.04. The number of imidazole rings is 1. The van der Waals surface area contributed by atoms with Crippen molar-refractivity contribution in [1.82, 2.24) is 19.4 Å². The fourth-order valence-corrected chi connectivity index (χ4v) is 5.82. The third kappa shape index (κ3) is 3.64. The van der Waals surface area contributed by atoms with Crippen LogP contribution in [0.3, 0.4) is 0 Å². The Morgan fingerprint density at radius 1 is 1.34 bits per heavy atom. The van der Waals surface area contributed by atoms with Crippen LogP contribution in [0.2, 0.25) is 0 Å². The molecule has 4 rings (SSSR count). The summed E-state index contributed by atoms with van der Waals surface area (Å²) in [5.74, 6) is 1.13. The fraction of sp³-hybridized carbons (Fsp3) is 0.571. The summed E-state index contributed by atoms with van der Waals surface area (Å²) in [7, 11) is 0.